The number of esters is 1. The Labute approximate surface area is 250 Å². The fraction of sp³-hybridized carbons (Fsp3) is 0.323. The Morgan fingerprint density at radius 1 is 0.732 bits per heavy atom. The molecule has 41 heavy (non-hydrogen) atoms. The lowest BCUT2D eigenvalue weighted by atomic mass is 10.0. The third kappa shape index (κ3) is 11.0. The number of alkyl halides is 2. The number of ether oxygens (including phenoxy) is 2. The highest BCUT2D eigenvalue weighted by molar-refractivity contribution is 6.18. The molecule has 0 aromatic heterocycles. The lowest BCUT2D eigenvalue weighted by Gasteiger charge is -2.24. The molecule has 2 atom stereocenters. The highest BCUT2D eigenvalue weighted by atomic mass is 35.5. The number of halogens is 2. The van der Waals surface area contributed by atoms with Gasteiger partial charge in [0.15, 0.2) is 0 Å². The van der Waals surface area contributed by atoms with E-state index in [0.717, 1.165) is 22.4 Å². The van der Waals surface area contributed by atoms with Crippen molar-refractivity contribution in [1.82, 2.24) is 10.6 Å². The predicted octanol–water partition coefficient (Wildman–Crippen LogP) is 5.06. The topological polar surface area (TPSA) is 97.0 Å². The van der Waals surface area contributed by atoms with Crippen LogP contribution in [-0.4, -0.2) is 54.9 Å². The molecule has 0 radical (unpaired) electrons. The number of alkyl carbamates (subject to hydrolysis) is 1. The minimum Gasteiger partial charge on any atom is -0.459 e. The maximum atomic E-state index is 13.1. The SMILES string of the molecule is C[C@H](NC(=O)OCc1ccccc1)C(=O)N[C@@H](Cc1ccc(N(CCCl)CCCl)cc1)C(=O)OCc1ccccc1. The molecule has 3 rings (SSSR count). The van der Waals surface area contributed by atoms with Gasteiger partial charge in [0.25, 0.3) is 0 Å². The van der Waals surface area contributed by atoms with E-state index in [0.29, 0.717) is 24.8 Å². The van der Waals surface area contributed by atoms with Crippen LogP contribution < -0.4 is 15.5 Å². The molecular weight excluding hydrogens is 565 g/mol. The average molecular weight is 601 g/mol. The van der Waals surface area contributed by atoms with Crippen LogP contribution >= 0.6 is 23.2 Å². The van der Waals surface area contributed by atoms with Crippen molar-refractivity contribution in [2.24, 2.45) is 0 Å². The van der Waals surface area contributed by atoms with E-state index < -0.39 is 30.1 Å². The summed E-state index contributed by atoms with van der Waals surface area (Å²) >= 11 is 11.9. The first-order chi connectivity index (χ1) is 19.9. The Kier molecular flexibility index (Phi) is 13.3. The van der Waals surface area contributed by atoms with Gasteiger partial charge in [-0.3, -0.25) is 4.79 Å². The predicted molar refractivity (Wildman–Crippen MR) is 161 cm³/mol. The molecule has 2 N–H and O–H groups in total. The molecule has 3 aromatic rings. The largest absolute Gasteiger partial charge is 0.459 e. The van der Waals surface area contributed by atoms with Crippen molar-refractivity contribution in [3.8, 4) is 0 Å². The van der Waals surface area contributed by atoms with Crippen molar-refractivity contribution < 1.29 is 23.9 Å². The lowest BCUT2D eigenvalue weighted by Crippen LogP contribution is -2.51. The maximum Gasteiger partial charge on any atom is 0.408 e. The molecule has 2 amide bonds. The number of amides is 2. The van der Waals surface area contributed by atoms with E-state index in [1.54, 1.807) is 0 Å². The standard InChI is InChI=1S/C31H35Cl2N3O5/c1-23(34-31(39)41-22-26-10-6-3-7-11-26)29(37)35-28(30(38)40-21-25-8-4-2-5-9-25)20-24-12-14-27(15-13-24)36(18-16-32)19-17-33/h2-15,23,28H,16-22H2,1H3,(H,34,39)(H,35,37)/t23-,28-/m0/s1. The van der Waals surface area contributed by atoms with Crippen LogP contribution in [0.1, 0.15) is 23.6 Å². The van der Waals surface area contributed by atoms with E-state index in [1.807, 2.05) is 84.9 Å². The van der Waals surface area contributed by atoms with Crippen LogP contribution in [0.15, 0.2) is 84.9 Å². The minimum atomic E-state index is -0.983. The molecule has 3 aromatic carbocycles. The van der Waals surface area contributed by atoms with E-state index in [2.05, 4.69) is 15.5 Å². The molecule has 0 aliphatic carbocycles. The second kappa shape index (κ2) is 17.1. The first-order valence-corrected chi connectivity index (χ1v) is 14.4. The summed E-state index contributed by atoms with van der Waals surface area (Å²) in [5.41, 5.74) is 3.41. The summed E-state index contributed by atoms with van der Waals surface area (Å²) in [4.78, 5) is 40.4. The van der Waals surface area contributed by atoms with Crippen LogP contribution in [0.3, 0.4) is 0 Å². The molecule has 0 aliphatic rings. The van der Waals surface area contributed by atoms with Crippen molar-refractivity contribution in [2.45, 2.75) is 38.6 Å². The van der Waals surface area contributed by atoms with Gasteiger partial charge in [0.2, 0.25) is 5.91 Å². The van der Waals surface area contributed by atoms with E-state index >= 15 is 0 Å². The average Bonchev–Trinajstić information content (AvgIpc) is 2.99. The fourth-order valence-electron chi connectivity index (χ4n) is 3.98. The van der Waals surface area contributed by atoms with Gasteiger partial charge in [-0.05, 0) is 35.7 Å². The monoisotopic (exact) mass is 599 g/mol. The highest BCUT2D eigenvalue weighted by Crippen LogP contribution is 2.17. The Morgan fingerprint density at radius 2 is 1.27 bits per heavy atom. The Balaban J connectivity index is 1.64. The van der Waals surface area contributed by atoms with Gasteiger partial charge in [0.05, 0.1) is 0 Å². The number of carbonyl (C=O) groups is 3. The van der Waals surface area contributed by atoms with Gasteiger partial charge in [0.1, 0.15) is 25.3 Å². The molecule has 8 nitrogen and oxygen atoms in total. The van der Waals surface area contributed by atoms with Gasteiger partial charge in [-0.15, -0.1) is 23.2 Å². The van der Waals surface area contributed by atoms with Crippen LogP contribution in [0, 0.1) is 0 Å². The number of nitrogens with zero attached hydrogens (tertiary/aromatic N) is 1. The molecule has 0 heterocycles. The van der Waals surface area contributed by atoms with Crippen molar-refractivity contribution in [3.05, 3.63) is 102 Å². The number of hydrogen-bond donors (Lipinski definition) is 2. The quantitative estimate of drug-likeness (QED) is 0.187. The van der Waals surface area contributed by atoms with Gasteiger partial charge >= 0.3 is 12.1 Å². The summed E-state index contributed by atoms with van der Waals surface area (Å²) in [6, 6.07) is 24.2. The van der Waals surface area contributed by atoms with Crippen LogP contribution in [0.2, 0.25) is 0 Å². The Morgan fingerprint density at radius 3 is 1.80 bits per heavy atom. The number of hydrogen-bond acceptors (Lipinski definition) is 6. The van der Waals surface area contributed by atoms with Crippen molar-refractivity contribution in [1.29, 1.82) is 0 Å². The van der Waals surface area contributed by atoms with E-state index in [1.165, 1.54) is 6.92 Å². The highest BCUT2D eigenvalue weighted by Gasteiger charge is 2.26. The molecule has 0 saturated carbocycles. The fourth-order valence-corrected chi connectivity index (χ4v) is 4.39. The normalized spacial score (nSPS) is 12.1. The molecule has 0 unspecified atom stereocenters. The number of benzene rings is 3. The minimum absolute atomic E-state index is 0.0659. The van der Waals surface area contributed by atoms with Gasteiger partial charge in [-0.25, -0.2) is 9.59 Å². The lowest BCUT2D eigenvalue weighted by molar-refractivity contribution is -0.149. The van der Waals surface area contributed by atoms with Crippen LogP contribution in [0.4, 0.5) is 10.5 Å². The molecule has 0 saturated heterocycles. The smallest absolute Gasteiger partial charge is 0.408 e. The van der Waals surface area contributed by atoms with Gasteiger partial charge in [0, 0.05) is 37.0 Å². The third-order valence-corrected chi connectivity index (χ3v) is 6.55. The van der Waals surface area contributed by atoms with Crippen LogP contribution in [-0.2, 0) is 38.7 Å². The van der Waals surface area contributed by atoms with E-state index in [-0.39, 0.29) is 19.6 Å². The van der Waals surface area contributed by atoms with Gasteiger partial charge in [-0.2, -0.15) is 0 Å². The summed E-state index contributed by atoms with van der Waals surface area (Å²) in [5.74, 6) is -0.204. The molecule has 0 fully saturated rings. The molecule has 0 spiro atoms. The zero-order valence-corrected chi connectivity index (χ0v) is 24.4. The number of anilines is 1. The summed E-state index contributed by atoms with van der Waals surface area (Å²) in [6.07, 6.45) is -0.552. The Bertz CT molecular complexity index is 1220. The van der Waals surface area contributed by atoms with Crippen LogP contribution in [0.5, 0.6) is 0 Å². The molecule has 218 valence electrons. The summed E-state index contributed by atoms with van der Waals surface area (Å²) in [6.45, 7) is 2.95. The zero-order chi connectivity index (χ0) is 29.5. The summed E-state index contributed by atoms with van der Waals surface area (Å²) < 4.78 is 10.7. The number of nitrogens with one attached hydrogen (secondary N) is 2. The van der Waals surface area contributed by atoms with Crippen molar-refractivity contribution in [3.63, 3.8) is 0 Å². The van der Waals surface area contributed by atoms with E-state index in [4.69, 9.17) is 32.7 Å². The number of carbonyl (C=O) groups excluding carboxylic acids is 3. The third-order valence-electron chi connectivity index (χ3n) is 6.22. The van der Waals surface area contributed by atoms with E-state index in [9.17, 15) is 14.4 Å². The molecule has 10 heteroatoms. The second-order valence-corrected chi connectivity index (χ2v) is 10.1. The summed E-state index contributed by atoms with van der Waals surface area (Å²) in [5, 5.41) is 5.24. The molecular formula is C31H35Cl2N3O5. The van der Waals surface area contributed by atoms with Crippen LogP contribution in [0.25, 0.3) is 0 Å². The zero-order valence-electron chi connectivity index (χ0n) is 22.9. The first-order valence-electron chi connectivity index (χ1n) is 13.3. The second-order valence-electron chi connectivity index (χ2n) is 9.32. The Hall–Kier alpha value is -3.75. The molecule has 0 aliphatic heterocycles. The van der Waals surface area contributed by atoms with Crippen molar-refractivity contribution >= 4 is 46.9 Å². The maximum absolute atomic E-state index is 13.1. The van der Waals surface area contributed by atoms with Gasteiger partial charge in [-0.1, -0.05) is 72.8 Å². The molecule has 0 bridgehead atoms. The number of rotatable bonds is 15. The van der Waals surface area contributed by atoms with Gasteiger partial charge < -0.3 is 25.0 Å². The van der Waals surface area contributed by atoms with Crippen molar-refractivity contribution in [2.75, 3.05) is 29.7 Å². The summed E-state index contributed by atoms with van der Waals surface area (Å²) in [7, 11) is 0. The first kappa shape index (κ1) is 31.8.